The number of hydrogen-bond donors (Lipinski definition) is 2. The van der Waals surface area contributed by atoms with E-state index in [0.717, 1.165) is 35.7 Å². The molecule has 0 fully saturated rings. The molecule has 2 aromatic rings. The molecule has 0 aromatic heterocycles. The zero-order valence-corrected chi connectivity index (χ0v) is 16.7. The summed E-state index contributed by atoms with van der Waals surface area (Å²) in [5.74, 6) is -0.236. The molecule has 26 heavy (non-hydrogen) atoms. The topological polar surface area (TPSA) is 75.3 Å². The predicted molar refractivity (Wildman–Crippen MR) is 106 cm³/mol. The van der Waals surface area contributed by atoms with Gasteiger partial charge in [-0.15, -0.1) is 0 Å². The molecule has 2 aromatic carbocycles. The number of anilines is 1. The van der Waals surface area contributed by atoms with E-state index in [2.05, 4.69) is 26.0 Å². The molecule has 0 atom stereocenters. The van der Waals surface area contributed by atoms with Crippen molar-refractivity contribution in [2.75, 3.05) is 11.9 Å². The molecular weight excluding hydrogens is 416 g/mol. The van der Waals surface area contributed by atoms with Crippen molar-refractivity contribution >= 4 is 37.5 Å². The summed E-state index contributed by atoms with van der Waals surface area (Å²) in [4.78, 5) is 12.2. The molecule has 1 amide bonds. The lowest BCUT2D eigenvalue weighted by Crippen LogP contribution is -2.28. The number of halogens is 1. The van der Waals surface area contributed by atoms with Crippen molar-refractivity contribution in [3.05, 3.63) is 58.1 Å². The van der Waals surface area contributed by atoms with Gasteiger partial charge in [-0.1, -0.05) is 22.0 Å². The van der Waals surface area contributed by atoms with Gasteiger partial charge in [0, 0.05) is 23.1 Å². The average molecular weight is 437 g/mol. The molecule has 0 aliphatic heterocycles. The SMILES string of the molecule is O=C(CCNS(=O)(=O)c1ccc2c(c1)CCCC2)Nc1ccc(Br)cc1. The Balaban J connectivity index is 1.55. The number of carbonyl (C=O) groups is 1. The molecule has 1 aliphatic rings. The van der Waals surface area contributed by atoms with Crippen LogP contribution in [0, 0.1) is 0 Å². The number of carbonyl (C=O) groups excluding carboxylic acids is 1. The fourth-order valence-electron chi connectivity index (χ4n) is 3.02. The second-order valence-electron chi connectivity index (χ2n) is 6.34. The van der Waals surface area contributed by atoms with E-state index in [4.69, 9.17) is 0 Å². The van der Waals surface area contributed by atoms with Crippen molar-refractivity contribution in [1.29, 1.82) is 0 Å². The molecule has 3 rings (SSSR count). The van der Waals surface area contributed by atoms with Crippen LogP contribution in [0.3, 0.4) is 0 Å². The molecule has 0 spiro atoms. The highest BCUT2D eigenvalue weighted by molar-refractivity contribution is 9.10. The Kier molecular flexibility index (Phi) is 6.11. The number of rotatable bonds is 6. The van der Waals surface area contributed by atoms with Crippen LogP contribution in [0.15, 0.2) is 51.8 Å². The summed E-state index contributed by atoms with van der Waals surface area (Å²) in [6.45, 7) is 0.0573. The van der Waals surface area contributed by atoms with Crippen LogP contribution in [0.4, 0.5) is 5.69 Å². The van der Waals surface area contributed by atoms with E-state index in [9.17, 15) is 13.2 Å². The van der Waals surface area contributed by atoms with Crippen LogP contribution in [-0.2, 0) is 27.7 Å². The number of aryl methyl sites for hydroxylation is 2. The van der Waals surface area contributed by atoms with Gasteiger partial charge in [-0.2, -0.15) is 0 Å². The Morgan fingerprint density at radius 2 is 1.69 bits per heavy atom. The predicted octanol–water partition coefficient (Wildman–Crippen LogP) is 3.64. The molecule has 0 bridgehead atoms. The van der Waals surface area contributed by atoms with Crippen molar-refractivity contribution in [2.45, 2.75) is 37.0 Å². The molecule has 0 heterocycles. The van der Waals surface area contributed by atoms with E-state index in [0.29, 0.717) is 5.69 Å². The molecule has 0 unspecified atom stereocenters. The van der Waals surface area contributed by atoms with Gasteiger partial charge in [-0.3, -0.25) is 4.79 Å². The Morgan fingerprint density at radius 3 is 2.42 bits per heavy atom. The van der Waals surface area contributed by atoms with Gasteiger partial charge in [0.25, 0.3) is 0 Å². The van der Waals surface area contributed by atoms with E-state index in [1.54, 1.807) is 24.3 Å². The summed E-state index contributed by atoms with van der Waals surface area (Å²) >= 11 is 3.33. The van der Waals surface area contributed by atoms with E-state index in [1.807, 2.05) is 18.2 Å². The maximum absolute atomic E-state index is 12.4. The molecule has 0 saturated heterocycles. The lowest BCUT2D eigenvalue weighted by molar-refractivity contribution is -0.116. The third-order valence-electron chi connectivity index (χ3n) is 4.40. The zero-order valence-electron chi connectivity index (χ0n) is 14.3. The quantitative estimate of drug-likeness (QED) is 0.725. The summed E-state index contributed by atoms with van der Waals surface area (Å²) < 4.78 is 28.3. The smallest absolute Gasteiger partial charge is 0.240 e. The normalized spacial score (nSPS) is 13.9. The van der Waals surface area contributed by atoms with Crippen molar-refractivity contribution < 1.29 is 13.2 Å². The zero-order chi connectivity index (χ0) is 18.6. The van der Waals surface area contributed by atoms with Crippen LogP contribution in [0.1, 0.15) is 30.4 Å². The largest absolute Gasteiger partial charge is 0.326 e. The first-order chi connectivity index (χ1) is 12.4. The van der Waals surface area contributed by atoms with Crippen LogP contribution in [0.25, 0.3) is 0 Å². The summed E-state index contributed by atoms with van der Waals surface area (Å²) in [6, 6.07) is 12.5. The molecule has 138 valence electrons. The van der Waals surface area contributed by atoms with Crippen molar-refractivity contribution in [3.63, 3.8) is 0 Å². The first kappa shape index (κ1) is 19.1. The van der Waals surface area contributed by atoms with Gasteiger partial charge >= 0.3 is 0 Å². The van der Waals surface area contributed by atoms with Crippen LogP contribution < -0.4 is 10.0 Å². The maximum atomic E-state index is 12.4. The number of nitrogens with one attached hydrogen (secondary N) is 2. The minimum absolute atomic E-state index is 0.0573. The van der Waals surface area contributed by atoms with Crippen LogP contribution in [0.2, 0.25) is 0 Å². The molecule has 7 heteroatoms. The molecule has 1 aliphatic carbocycles. The number of fused-ring (bicyclic) bond motifs is 1. The second-order valence-corrected chi connectivity index (χ2v) is 9.02. The van der Waals surface area contributed by atoms with Crippen molar-refractivity contribution in [1.82, 2.24) is 4.72 Å². The van der Waals surface area contributed by atoms with Crippen molar-refractivity contribution in [2.24, 2.45) is 0 Å². The van der Waals surface area contributed by atoms with Gasteiger partial charge in [-0.25, -0.2) is 13.1 Å². The van der Waals surface area contributed by atoms with Crippen LogP contribution in [-0.4, -0.2) is 20.9 Å². The molecule has 0 radical (unpaired) electrons. The summed E-state index contributed by atoms with van der Waals surface area (Å²) in [5, 5.41) is 2.74. The first-order valence-corrected chi connectivity index (χ1v) is 10.9. The molecule has 5 nitrogen and oxygen atoms in total. The number of benzene rings is 2. The number of hydrogen-bond acceptors (Lipinski definition) is 3. The number of sulfonamides is 1. The van der Waals surface area contributed by atoms with Gasteiger partial charge < -0.3 is 5.32 Å². The summed E-state index contributed by atoms with van der Waals surface area (Å²) in [5.41, 5.74) is 3.03. The van der Waals surface area contributed by atoms with E-state index in [1.165, 1.54) is 5.56 Å². The second kappa shape index (κ2) is 8.33. The fraction of sp³-hybridized carbons (Fsp3) is 0.316. The third kappa shape index (κ3) is 4.93. The van der Waals surface area contributed by atoms with Gasteiger partial charge in [0.2, 0.25) is 15.9 Å². The highest BCUT2D eigenvalue weighted by Gasteiger charge is 2.17. The van der Waals surface area contributed by atoms with Crippen LogP contribution in [0.5, 0.6) is 0 Å². The van der Waals surface area contributed by atoms with Gasteiger partial charge in [0.1, 0.15) is 0 Å². The Labute approximate surface area is 162 Å². The Morgan fingerprint density at radius 1 is 1.00 bits per heavy atom. The first-order valence-electron chi connectivity index (χ1n) is 8.61. The van der Waals surface area contributed by atoms with Gasteiger partial charge in [0.05, 0.1) is 4.90 Å². The minimum atomic E-state index is -3.60. The Bertz CT molecular complexity index is 896. The number of amides is 1. The summed E-state index contributed by atoms with van der Waals surface area (Å²) in [7, 11) is -3.60. The van der Waals surface area contributed by atoms with E-state index >= 15 is 0 Å². The van der Waals surface area contributed by atoms with Crippen LogP contribution >= 0.6 is 15.9 Å². The highest BCUT2D eigenvalue weighted by Crippen LogP contribution is 2.24. The third-order valence-corrected chi connectivity index (χ3v) is 6.39. The highest BCUT2D eigenvalue weighted by atomic mass is 79.9. The molecular formula is C19H21BrN2O3S. The lowest BCUT2D eigenvalue weighted by atomic mass is 9.92. The summed E-state index contributed by atoms with van der Waals surface area (Å²) in [6.07, 6.45) is 4.26. The maximum Gasteiger partial charge on any atom is 0.240 e. The monoisotopic (exact) mass is 436 g/mol. The minimum Gasteiger partial charge on any atom is -0.326 e. The van der Waals surface area contributed by atoms with Crippen molar-refractivity contribution in [3.8, 4) is 0 Å². The molecule has 0 saturated carbocycles. The van der Waals surface area contributed by atoms with Gasteiger partial charge in [-0.05, 0) is 73.2 Å². The van der Waals surface area contributed by atoms with E-state index < -0.39 is 10.0 Å². The fourth-order valence-corrected chi connectivity index (χ4v) is 4.36. The Hall–Kier alpha value is -1.70. The van der Waals surface area contributed by atoms with E-state index in [-0.39, 0.29) is 23.8 Å². The standard InChI is InChI=1S/C19H21BrN2O3S/c20-16-6-8-17(9-7-16)22-19(23)11-12-21-26(24,25)18-10-5-14-3-1-2-4-15(14)13-18/h5-10,13,21H,1-4,11-12H2,(H,22,23). The molecule has 2 N–H and O–H groups in total. The van der Waals surface area contributed by atoms with Gasteiger partial charge in [0.15, 0.2) is 0 Å². The average Bonchev–Trinajstić information content (AvgIpc) is 2.63. The lowest BCUT2D eigenvalue weighted by Gasteiger charge is -2.16.